The zero-order valence-corrected chi connectivity index (χ0v) is 15.0. The first-order valence-electron chi connectivity index (χ1n) is 8.69. The molecule has 0 aliphatic carbocycles. The Kier molecular flexibility index (Phi) is 5.68. The Morgan fingerprint density at radius 2 is 2.12 bits per heavy atom. The maximum atomic E-state index is 11.6. The average Bonchev–Trinajstić information content (AvgIpc) is 2.75. The molecule has 1 fully saturated rings. The van der Waals surface area contributed by atoms with Crippen LogP contribution in [0.4, 0.5) is 5.82 Å². The highest BCUT2D eigenvalue weighted by Gasteiger charge is 2.28. The lowest BCUT2D eigenvalue weighted by atomic mass is 10.1. The van der Waals surface area contributed by atoms with Crippen LogP contribution in [0.2, 0.25) is 0 Å². The van der Waals surface area contributed by atoms with Gasteiger partial charge in [-0.25, -0.2) is 18.4 Å². The maximum Gasteiger partial charge on any atom is 0.156 e. The number of aromatic nitrogens is 2. The van der Waals surface area contributed by atoms with E-state index in [9.17, 15) is 8.42 Å². The smallest absolute Gasteiger partial charge is 0.156 e. The molecule has 0 saturated carbocycles. The Morgan fingerprint density at radius 1 is 1.29 bits per heavy atom. The van der Waals surface area contributed by atoms with Gasteiger partial charge in [-0.2, -0.15) is 0 Å². The van der Waals surface area contributed by atoms with Crippen molar-refractivity contribution in [3.63, 3.8) is 0 Å². The number of hydrogen-bond donors (Lipinski definition) is 2. The summed E-state index contributed by atoms with van der Waals surface area (Å²) in [4.78, 5) is 9.30. The lowest BCUT2D eigenvalue weighted by Gasteiger charge is -2.16. The standard InChI is InChI=1S/C16H26N4O3S/c1-2-23-10-15-19-14-4-7-17-6-3-13(14)16(20-15)18-9-12-5-8-24(21,22)11-12/h12,17H,2-11H2,1H3,(H,18,19,20). The van der Waals surface area contributed by atoms with Crippen molar-refractivity contribution < 1.29 is 13.2 Å². The summed E-state index contributed by atoms with van der Waals surface area (Å²) >= 11 is 0. The number of ether oxygens (including phenoxy) is 1. The van der Waals surface area contributed by atoms with Gasteiger partial charge in [-0.15, -0.1) is 0 Å². The number of anilines is 1. The predicted molar refractivity (Wildman–Crippen MR) is 92.9 cm³/mol. The Bertz CT molecular complexity index is 678. The fraction of sp³-hybridized carbons (Fsp3) is 0.750. The van der Waals surface area contributed by atoms with Crippen LogP contribution < -0.4 is 10.6 Å². The molecule has 1 aromatic heterocycles. The zero-order chi connectivity index (χ0) is 17.0. The van der Waals surface area contributed by atoms with Crippen molar-refractivity contribution in [2.24, 2.45) is 5.92 Å². The number of nitrogens with one attached hydrogen (secondary N) is 2. The molecule has 1 aromatic rings. The zero-order valence-electron chi connectivity index (χ0n) is 14.2. The van der Waals surface area contributed by atoms with E-state index in [-0.39, 0.29) is 11.7 Å². The summed E-state index contributed by atoms with van der Waals surface area (Å²) in [5.74, 6) is 2.29. The minimum absolute atomic E-state index is 0.167. The second-order valence-corrected chi connectivity index (χ2v) is 8.68. The molecule has 0 amide bonds. The van der Waals surface area contributed by atoms with E-state index in [1.165, 1.54) is 0 Å². The average molecular weight is 354 g/mol. The highest BCUT2D eigenvalue weighted by Crippen LogP contribution is 2.23. The third kappa shape index (κ3) is 4.43. The molecule has 24 heavy (non-hydrogen) atoms. The van der Waals surface area contributed by atoms with E-state index in [0.717, 1.165) is 49.4 Å². The topological polar surface area (TPSA) is 93.2 Å². The molecule has 3 heterocycles. The minimum Gasteiger partial charge on any atom is -0.374 e. The fourth-order valence-corrected chi connectivity index (χ4v) is 5.14. The largest absolute Gasteiger partial charge is 0.374 e. The molecule has 2 aliphatic heterocycles. The fourth-order valence-electron chi connectivity index (χ4n) is 3.27. The van der Waals surface area contributed by atoms with Gasteiger partial charge in [0.2, 0.25) is 0 Å². The third-order valence-electron chi connectivity index (χ3n) is 4.55. The summed E-state index contributed by atoms with van der Waals surface area (Å²) < 4.78 is 28.7. The van der Waals surface area contributed by atoms with Crippen LogP contribution in [0.1, 0.15) is 30.4 Å². The number of rotatable bonds is 6. The predicted octanol–water partition coefficient (Wildman–Crippen LogP) is 0.548. The van der Waals surface area contributed by atoms with Crippen molar-refractivity contribution in [2.45, 2.75) is 32.8 Å². The lowest BCUT2D eigenvalue weighted by Crippen LogP contribution is -2.19. The highest BCUT2D eigenvalue weighted by molar-refractivity contribution is 7.91. The Labute approximate surface area is 143 Å². The highest BCUT2D eigenvalue weighted by atomic mass is 32.2. The second kappa shape index (κ2) is 7.76. The quantitative estimate of drug-likeness (QED) is 0.770. The van der Waals surface area contributed by atoms with Gasteiger partial charge >= 0.3 is 0 Å². The molecule has 134 valence electrons. The van der Waals surface area contributed by atoms with Gasteiger partial charge in [0.1, 0.15) is 12.4 Å². The van der Waals surface area contributed by atoms with Crippen molar-refractivity contribution >= 4 is 15.7 Å². The van der Waals surface area contributed by atoms with Crippen molar-refractivity contribution in [2.75, 3.05) is 43.1 Å². The van der Waals surface area contributed by atoms with Crippen LogP contribution in [0.15, 0.2) is 0 Å². The van der Waals surface area contributed by atoms with Crippen molar-refractivity contribution in [3.05, 3.63) is 17.1 Å². The molecule has 0 spiro atoms. The second-order valence-electron chi connectivity index (χ2n) is 6.45. The van der Waals surface area contributed by atoms with E-state index < -0.39 is 9.84 Å². The van der Waals surface area contributed by atoms with Crippen molar-refractivity contribution in [3.8, 4) is 0 Å². The molecule has 3 rings (SSSR count). The monoisotopic (exact) mass is 354 g/mol. The van der Waals surface area contributed by atoms with Gasteiger partial charge in [-0.3, -0.25) is 0 Å². The summed E-state index contributed by atoms with van der Waals surface area (Å²) in [5.41, 5.74) is 2.23. The first kappa shape index (κ1) is 17.6. The van der Waals surface area contributed by atoms with Gasteiger partial charge in [0.05, 0.1) is 17.2 Å². The van der Waals surface area contributed by atoms with Crippen LogP contribution in [0.5, 0.6) is 0 Å². The van der Waals surface area contributed by atoms with Gasteiger partial charge in [0.15, 0.2) is 15.7 Å². The van der Waals surface area contributed by atoms with E-state index >= 15 is 0 Å². The number of nitrogens with zero attached hydrogens (tertiary/aromatic N) is 2. The summed E-state index contributed by atoms with van der Waals surface area (Å²) in [6.45, 7) is 5.46. The van der Waals surface area contributed by atoms with E-state index in [2.05, 4.69) is 20.6 Å². The molecule has 0 aromatic carbocycles. The lowest BCUT2D eigenvalue weighted by molar-refractivity contribution is 0.128. The van der Waals surface area contributed by atoms with Crippen LogP contribution in [-0.2, 0) is 34.0 Å². The van der Waals surface area contributed by atoms with Gasteiger partial charge in [0.25, 0.3) is 0 Å². The Morgan fingerprint density at radius 3 is 2.88 bits per heavy atom. The molecule has 1 saturated heterocycles. The molecule has 8 heteroatoms. The van der Waals surface area contributed by atoms with Gasteiger partial charge in [0, 0.05) is 31.7 Å². The third-order valence-corrected chi connectivity index (χ3v) is 6.39. The molecule has 1 atom stereocenters. The van der Waals surface area contributed by atoms with E-state index in [1.807, 2.05) is 6.92 Å². The van der Waals surface area contributed by atoms with Crippen molar-refractivity contribution in [1.29, 1.82) is 0 Å². The van der Waals surface area contributed by atoms with Crippen LogP contribution in [0.25, 0.3) is 0 Å². The molecule has 0 bridgehead atoms. The van der Waals surface area contributed by atoms with E-state index in [0.29, 0.717) is 31.3 Å². The molecular formula is C16H26N4O3S. The normalized spacial score (nSPS) is 22.8. The molecule has 2 aliphatic rings. The molecular weight excluding hydrogens is 328 g/mol. The molecule has 0 radical (unpaired) electrons. The summed E-state index contributed by atoms with van der Waals surface area (Å²) in [6.07, 6.45) is 2.50. The van der Waals surface area contributed by atoms with Gasteiger partial charge in [-0.1, -0.05) is 0 Å². The van der Waals surface area contributed by atoms with E-state index in [1.54, 1.807) is 0 Å². The number of fused-ring (bicyclic) bond motifs is 1. The van der Waals surface area contributed by atoms with Crippen LogP contribution >= 0.6 is 0 Å². The number of hydrogen-bond acceptors (Lipinski definition) is 7. The molecule has 7 nitrogen and oxygen atoms in total. The summed E-state index contributed by atoms with van der Waals surface area (Å²) in [7, 11) is -2.85. The first-order chi connectivity index (χ1) is 11.6. The Hall–Kier alpha value is -1.25. The van der Waals surface area contributed by atoms with Crippen LogP contribution in [0, 0.1) is 5.92 Å². The van der Waals surface area contributed by atoms with Crippen LogP contribution in [0.3, 0.4) is 0 Å². The van der Waals surface area contributed by atoms with Crippen LogP contribution in [-0.4, -0.2) is 56.1 Å². The summed E-state index contributed by atoms with van der Waals surface area (Å²) in [6, 6.07) is 0. The number of sulfone groups is 1. The molecule has 2 N–H and O–H groups in total. The van der Waals surface area contributed by atoms with E-state index in [4.69, 9.17) is 4.74 Å². The maximum absolute atomic E-state index is 11.6. The molecule has 1 unspecified atom stereocenters. The van der Waals surface area contributed by atoms with Gasteiger partial charge < -0.3 is 15.4 Å². The Balaban J connectivity index is 1.76. The van der Waals surface area contributed by atoms with Gasteiger partial charge in [-0.05, 0) is 32.2 Å². The first-order valence-corrected chi connectivity index (χ1v) is 10.5. The SMILES string of the molecule is CCOCc1nc2c(c(NCC3CCS(=O)(=O)C3)n1)CCNCC2. The minimum atomic E-state index is -2.85. The summed E-state index contributed by atoms with van der Waals surface area (Å²) in [5, 5.41) is 6.78. The van der Waals surface area contributed by atoms with Crippen molar-refractivity contribution in [1.82, 2.24) is 15.3 Å².